The molecule has 9 heteroatoms. The lowest BCUT2D eigenvalue weighted by Crippen LogP contribution is -2.30. The lowest BCUT2D eigenvalue weighted by Gasteiger charge is -2.16. The normalized spacial score (nSPS) is 20.3. The van der Waals surface area contributed by atoms with Crippen molar-refractivity contribution in [2.75, 3.05) is 19.7 Å². The molecule has 1 aliphatic rings. The van der Waals surface area contributed by atoms with Crippen LogP contribution in [0.25, 0.3) is 5.69 Å². The van der Waals surface area contributed by atoms with Gasteiger partial charge in [0, 0.05) is 12.5 Å². The molecule has 0 unspecified atom stereocenters. The maximum Gasteiger partial charge on any atom is 0.416 e. The summed E-state index contributed by atoms with van der Waals surface area (Å²) in [7, 11) is 0. The van der Waals surface area contributed by atoms with Gasteiger partial charge < -0.3 is 10.0 Å². The highest BCUT2D eigenvalue weighted by Crippen LogP contribution is 2.30. The van der Waals surface area contributed by atoms with Crippen LogP contribution in [0.4, 0.5) is 17.6 Å². The van der Waals surface area contributed by atoms with E-state index in [2.05, 4.69) is 5.10 Å². The largest absolute Gasteiger partial charge is 0.416 e. The molecular formula is C18H19F4N3O2. The van der Waals surface area contributed by atoms with Crippen molar-refractivity contribution in [2.24, 2.45) is 5.92 Å². The molecule has 1 amide bonds. The number of aliphatic hydroxyl groups is 1. The maximum atomic E-state index is 13.8. The predicted molar refractivity (Wildman–Crippen MR) is 89.3 cm³/mol. The van der Waals surface area contributed by atoms with Crippen molar-refractivity contribution in [1.29, 1.82) is 0 Å². The number of amides is 1. The number of hydrogen-bond donors (Lipinski definition) is 1. The minimum Gasteiger partial charge on any atom is -0.396 e. The molecule has 27 heavy (non-hydrogen) atoms. The molecule has 0 bridgehead atoms. The number of halogens is 4. The van der Waals surface area contributed by atoms with E-state index >= 15 is 0 Å². The molecule has 0 saturated carbocycles. The van der Waals surface area contributed by atoms with Crippen molar-refractivity contribution < 1.29 is 27.5 Å². The summed E-state index contributed by atoms with van der Waals surface area (Å²) in [5.41, 5.74) is 0.441. The Morgan fingerprint density at radius 2 is 1.93 bits per heavy atom. The van der Waals surface area contributed by atoms with E-state index in [4.69, 9.17) is 5.11 Å². The molecule has 1 aromatic carbocycles. The fraction of sp³-hybridized carbons (Fsp3) is 0.444. The zero-order chi connectivity index (χ0) is 19.8. The average Bonchev–Trinajstić information content (AvgIpc) is 3.23. The van der Waals surface area contributed by atoms with E-state index in [9.17, 15) is 22.4 Å². The summed E-state index contributed by atoms with van der Waals surface area (Å²) < 4.78 is 53.4. The van der Waals surface area contributed by atoms with Crippen LogP contribution in [0.3, 0.4) is 0 Å². The summed E-state index contributed by atoms with van der Waals surface area (Å²) in [6.07, 6.45) is -3.95. The summed E-state index contributed by atoms with van der Waals surface area (Å²) in [5.74, 6) is -1.01. The van der Waals surface area contributed by atoms with Crippen LogP contribution < -0.4 is 0 Å². The Hall–Kier alpha value is -2.42. The molecule has 3 rings (SSSR count). The van der Waals surface area contributed by atoms with Gasteiger partial charge in [-0.05, 0) is 30.7 Å². The number of aromatic nitrogens is 2. The molecular weight excluding hydrogens is 366 g/mol. The van der Waals surface area contributed by atoms with Crippen LogP contribution in [0.2, 0.25) is 0 Å². The first-order chi connectivity index (χ1) is 12.8. The molecule has 1 saturated heterocycles. The molecule has 1 N–H and O–H groups in total. The third-order valence-electron chi connectivity index (χ3n) is 4.76. The molecule has 1 aliphatic heterocycles. The van der Waals surface area contributed by atoms with E-state index in [1.54, 1.807) is 6.92 Å². The summed E-state index contributed by atoms with van der Waals surface area (Å²) in [6, 6.07) is 4.49. The molecule has 1 fully saturated rings. The molecule has 5 nitrogen and oxygen atoms in total. The third kappa shape index (κ3) is 3.69. The Bertz CT molecular complexity index is 817. The number of carbonyl (C=O) groups excluding carboxylic acids is 1. The smallest absolute Gasteiger partial charge is 0.396 e. The topological polar surface area (TPSA) is 58.4 Å². The number of benzene rings is 1. The zero-order valence-corrected chi connectivity index (χ0v) is 14.6. The first kappa shape index (κ1) is 19.3. The molecule has 2 atom stereocenters. The number of aliphatic hydroxyl groups excluding tert-OH is 1. The van der Waals surface area contributed by atoms with Gasteiger partial charge >= 0.3 is 6.18 Å². The highest BCUT2D eigenvalue weighted by Gasteiger charge is 2.36. The lowest BCUT2D eigenvalue weighted by atomic mass is 10.1. The number of alkyl halides is 4. The van der Waals surface area contributed by atoms with Crippen LogP contribution in [0.1, 0.15) is 28.5 Å². The highest BCUT2D eigenvalue weighted by atomic mass is 19.4. The van der Waals surface area contributed by atoms with Crippen molar-refractivity contribution in [2.45, 2.75) is 25.7 Å². The quantitative estimate of drug-likeness (QED) is 0.824. The van der Waals surface area contributed by atoms with Crippen molar-refractivity contribution in [3.63, 3.8) is 0 Å². The second-order valence-electron chi connectivity index (χ2n) is 6.48. The van der Waals surface area contributed by atoms with E-state index in [0.29, 0.717) is 17.8 Å². The van der Waals surface area contributed by atoms with Gasteiger partial charge in [-0.1, -0.05) is 6.92 Å². The first-order valence-electron chi connectivity index (χ1n) is 8.55. The van der Waals surface area contributed by atoms with Crippen molar-refractivity contribution >= 4 is 5.91 Å². The van der Waals surface area contributed by atoms with E-state index < -0.39 is 29.7 Å². The Morgan fingerprint density at radius 1 is 1.26 bits per heavy atom. The minimum atomic E-state index is -4.43. The van der Waals surface area contributed by atoms with Crippen molar-refractivity contribution in [3.8, 4) is 5.69 Å². The third-order valence-corrected chi connectivity index (χ3v) is 4.76. The standard InChI is InChI=1S/C18H19F4N3O2/c1-2-16-14(17(27)24-8-11(10-26)15(19)9-24)7-23-25(16)13-5-3-12(4-6-13)18(20,21)22/h3-7,11,15,26H,2,8-10H2,1H3/t11-,15+/m0/s1. The Morgan fingerprint density at radius 3 is 2.44 bits per heavy atom. The van der Waals surface area contributed by atoms with Crippen LogP contribution in [0, 0.1) is 5.92 Å². The van der Waals surface area contributed by atoms with E-state index in [0.717, 1.165) is 12.1 Å². The van der Waals surface area contributed by atoms with Gasteiger partial charge in [0.05, 0.1) is 41.9 Å². The van der Waals surface area contributed by atoms with Crippen molar-refractivity contribution in [1.82, 2.24) is 14.7 Å². The van der Waals surface area contributed by atoms with Gasteiger partial charge in [0.15, 0.2) is 0 Å². The average molecular weight is 385 g/mol. The molecule has 2 aromatic rings. The van der Waals surface area contributed by atoms with Crippen LogP contribution in [-0.2, 0) is 12.6 Å². The van der Waals surface area contributed by atoms with Crippen LogP contribution in [0.5, 0.6) is 0 Å². The Kier molecular flexibility index (Phi) is 5.23. The monoisotopic (exact) mass is 385 g/mol. The van der Waals surface area contributed by atoms with E-state index in [-0.39, 0.29) is 25.3 Å². The van der Waals surface area contributed by atoms with Gasteiger partial charge in [-0.3, -0.25) is 4.79 Å². The van der Waals surface area contributed by atoms with Gasteiger partial charge in [0.25, 0.3) is 5.91 Å². The SMILES string of the molecule is CCc1c(C(=O)N2C[C@@H](CO)[C@H](F)C2)cnn1-c1ccc(C(F)(F)F)cc1. The second kappa shape index (κ2) is 7.30. The van der Waals surface area contributed by atoms with E-state index in [1.165, 1.54) is 27.9 Å². The lowest BCUT2D eigenvalue weighted by molar-refractivity contribution is -0.137. The summed E-state index contributed by atoms with van der Waals surface area (Å²) in [6.45, 7) is 1.48. The minimum absolute atomic E-state index is 0.0985. The predicted octanol–water partition coefficient (Wildman–Crippen LogP) is 2.86. The number of nitrogens with zero attached hydrogens (tertiary/aromatic N) is 3. The highest BCUT2D eigenvalue weighted by molar-refractivity contribution is 5.95. The van der Waals surface area contributed by atoms with Crippen LogP contribution >= 0.6 is 0 Å². The summed E-state index contributed by atoms with van der Waals surface area (Å²) >= 11 is 0. The molecule has 146 valence electrons. The van der Waals surface area contributed by atoms with Crippen LogP contribution in [-0.4, -0.2) is 51.6 Å². The number of likely N-dealkylation sites (tertiary alicyclic amines) is 1. The number of hydrogen-bond acceptors (Lipinski definition) is 3. The van der Waals surface area contributed by atoms with Gasteiger partial charge in [0.2, 0.25) is 0 Å². The Balaban J connectivity index is 1.88. The van der Waals surface area contributed by atoms with Crippen molar-refractivity contribution in [3.05, 3.63) is 47.3 Å². The molecule has 0 radical (unpaired) electrons. The zero-order valence-electron chi connectivity index (χ0n) is 14.6. The van der Waals surface area contributed by atoms with Crippen LogP contribution in [0.15, 0.2) is 30.5 Å². The van der Waals surface area contributed by atoms with Gasteiger partial charge in [-0.15, -0.1) is 0 Å². The molecule has 0 spiro atoms. The second-order valence-corrected chi connectivity index (χ2v) is 6.48. The maximum absolute atomic E-state index is 13.8. The Labute approximate surface area is 153 Å². The van der Waals surface area contributed by atoms with E-state index in [1.807, 2.05) is 0 Å². The molecule has 2 heterocycles. The fourth-order valence-corrected chi connectivity index (χ4v) is 3.25. The summed E-state index contributed by atoms with van der Waals surface area (Å²) in [5, 5.41) is 13.3. The first-order valence-corrected chi connectivity index (χ1v) is 8.55. The fourth-order valence-electron chi connectivity index (χ4n) is 3.25. The van der Waals surface area contributed by atoms with Gasteiger partial charge in [-0.2, -0.15) is 18.3 Å². The molecule has 0 aliphatic carbocycles. The summed E-state index contributed by atoms with van der Waals surface area (Å²) in [4.78, 5) is 14.1. The number of rotatable bonds is 4. The van der Waals surface area contributed by atoms with Gasteiger partial charge in [-0.25, -0.2) is 9.07 Å². The van der Waals surface area contributed by atoms with Gasteiger partial charge in [0.1, 0.15) is 6.17 Å². The molecule has 1 aromatic heterocycles. The number of carbonyl (C=O) groups is 1.